The van der Waals surface area contributed by atoms with Gasteiger partial charge in [0.15, 0.2) is 0 Å². The Morgan fingerprint density at radius 3 is 2.71 bits per heavy atom. The van der Waals surface area contributed by atoms with Crippen molar-refractivity contribution in [1.82, 2.24) is 0 Å². The van der Waals surface area contributed by atoms with Gasteiger partial charge in [0.1, 0.15) is 5.75 Å². The molecule has 4 aromatic rings. The summed E-state index contributed by atoms with van der Waals surface area (Å²) in [5, 5.41) is 14.2. The van der Waals surface area contributed by atoms with E-state index in [0.717, 1.165) is 22.3 Å². The highest BCUT2D eigenvalue weighted by Gasteiger charge is 2.14. The topological polar surface area (TPSA) is 29.5 Å². The first-order chi connectivity index (χ1) is 11.7. The Bertz CT molecular complexity index is 1040. The number of thiophene rings is 1. The maximum atomic E-state index is 9.25. The second kappa shape index (κ2) is 6.12. The summed E-state index contributed by atoms with van der Waals surface area (Å²) in [5.74, 6) is 1.40. The molecule has 0 fully saturated rings. The average molecular weight is 334 g/mol. The van der Waals surface area contributed by atoms with Crippen molar-refractivity contribution in [3.63, 3.8) is 0 Å². The maximum absolute atomic E-state index is 9.25. The molecule has 24 heavy (non-hydrogen) atoms. The second-order valence-corrected chi connectivity index (χ2v) is 7.66. The lowest BCUT2D eigenvalue weighted by Crippen LogP contribution is -2.00. The molecule has 0 bridgehead atoms. The molecule has 0 unspecified atom stereocenters. The van der Waals surface area contributed by atoms with E-state index in [4.69, 9.17) is 4.65 Å². The van der Waals surface area contributed by atoms with E-state index in [9.17, 15) is 5.02 Å². The van der Waals surface area contributed by atoms with Gasteiger partial charge in [-0.25, -0.2) is 0 Å². The summed E-state index contributed by atoms with van der Waals surface area (Å²) in [6, 6.07) is 17.2. The van der Waals surface area contributed by atoms with Crippen LogP contribution in [0, 0.1) is 5.92 Å². The van der Waals surface area contributed by atoms with E-state index in [1.54, 1.807) is 11.3 Å². The number of hydrogen-bond donors (Lipinski definition) is 1. The molecule has 0 aliphatic carbocycles. The zero-order chi connectivity index (χ0) is 16.7. The molecule has 3 aromatic carbocycles. The van der Waals surface area contributed by atoms with E-state index in [1.165, 1.54) is 26.4 Å². The van der Waals surface area contributed by atoms with E-state index in [0.29, 0.717) is 5.92 Å². The lowest BCUT2D eigenvalue weighted by molar-refractivity contribution is 0.457. The van der Waals surface area contributed by atoms with Crippen molar-refractivity contribution in [2.24, 2.45) is 5.92 Å². The van der Waals surface area contributed by atoms with Crippen LogP contribution in [0.2, 0.25) is 0 Å². The predicted molar refractivity (Wildman–Crippen MR) is 105 cm³/mol. The van der Waals surface area contributed by atoms with Crippen molar-refractivity contribution in [2.75, 3.05) is 0 Å². The van der Waals surface area contributed by atoms with Gasteiger partial charge >= 0.3 is 7.69 Å². The highest BCUT2D eigenvalue weighted by Crippen LogP contribution is 2.43. The van der Waals surface area contributed by atoms with Gasteiger partial charge < -0.3 is 9.68 Å². The van der Waals surface area contributed by atoms with Crippen LogP contribution in [0.5, 0.6) is 5.75 Å². The van der Waals surface area contributed by atoms with Crippen molar-refractivity contribution < 1.29 is 9.68 Å². The normalized spacial score (nSPS) is 11.7. The highest BCUT2D eigenvalue weighted by molar-refractivity contribution is 7.26. The lowest BCUT2D eigenvalue weighted by atomic mass is 9.97. The molecule has 0 atom stereocenters. The molecule has 0 aliphatic rings. The molecular weight excluding hydrogens is 315 g/mol. The predicted octanol–water partition coefficient (Wildman–Crippen LogP) is 5.04. The molecule has 0 aliphatic heterocycles. The minimum absolute atomic E-state index is 0.305. The third-order valence-electron chi connectivity index (χ3n) is 4.36. The number of benzene rings is 3. The molecule has 0 saturated heterocycles. The summed E-state index contributed by atoms with van der Waals surface area (Å²) in [5.41, 5.74) is 1.37. The summed E-state index contributed by atoms with van der Waals surface area (Å²) < 4.78 is 7.88. The molecule has 0 amide bonds. The van der Waals surface area contributed by atoms with Crippen LogP contribution in [0.15, 0.2) is 48.5 Å². The van der Waals surface area contributed by atoms with Gasteiger partial charge in [0.25, 0.3) is 0 Å². The molecule has 1 aromatic heterocycles. The van der Waals surface area contributed by atoms with Crippen LogP contribution in [-0.4, -0.2) is 12.7 Å². The second-order valence-electron chi connectivity index (χ2n) is 6.60. The average Bonchev–Trinajstić information content (AvgIpc) is 2.95. The Kier molecular flexibility index (Phi) is 3.95. The maximum Gasteiger partial charge on any atom is 0.504 e. The molecule has 0 radical (unpaired) electrons. The van der Waals surface area contributed by atoms with Gasteiger partial charge in [-0.3, -0.25) is 0 Å². The largest absolute Gasteiger partial charge is 0.538 e. The smallest absolute Gasteiger partial charge is 0.504 e. The van der Waals surface area contributed by atoms with Gasteiger partial charge in [0.05, 0.1) is 4.70 Å². The third kappa shape index (κ3) is 2.56. The fourth-order valence-electron chi connectivity index (χ4n) is 3.41. The van der Waals surface area contributed by atoms with E-state index in [2.05, 4.69) is 56.3 Å². The zero-order valence-electron chi connectivity index (χ0n) is 13.9. The molecule has 2 nitrogen and oxygen atoms in total. The van der Waals surface area contributed by atoms with Crippen LogP contribution >= 0.6 is 11.3 Å². The molecule has 0 spiro atoms. The molecule has 1 N–H and O–H groups in total. The van der Waals surface area contributed by atoms with Gasteiger partial charge in [-0.05, 0) is 40.8 Å². The molecule has 1 heterocycles. The van der Waals surface area contributed by atoms with Crippen LogP contribution in [0.3, 0.4) is 0 Å². The van der Waals surface area contributed by atoms with Gasteiger partial charge in [0, 0.05) is 15.5 Å². The molecule has 0 saturated carbocycles. The Morgan fingerprint density at radius 1 is 1.08 bits per heavy atom. The Balaban J connectivity index is 2.10. The first kappa shape index (κ1) is 15.5. The van der Waals surface area contributed by atoms with E-state index < -0.39 is 0 Å². The van der Waals surface area contributed by atoms with Crippen LogP contribution < -0.4 is 4.65 Å². The van der Waals surface area contributed by atoms with Gasteiger partial charge in [0.2, 0.25) is 0 Å². The van der Waals surface area contributed by atoms with Crippen molar-refractivity contribution in [3.8, 4) is 5.75 Å². The first-order valence-electron chi connectivity index (χ1n) is 8.28. The Morgan fingerprint density at radius 2 is 1.92 bits per heavy atom. The monoisotopic (exact) mass is 334 g/mol. The fourth-order valence-corrected chi connectivity index (χ4v) is 4.60. The number of rotatable bonds is 4. The van der Waals surface area contributed by atoms with Gasteiger partial charge in [-0.2, -0.15) is 0 Å². The fraction of sp³-hybridized carbons (Fsp3) is 0.200. The lowest BCUT2D eigenvalue weighted by Gasteiger charge is -2.10. The van der Waals surface area contributed by atoms with E-state index >= 15 is 0 Å². The summed E-state index contributed by atoms with van der Waals surface area (Å²) in [6.07, 6.45) is 1.08. The van der Waals surface area contributed by atoms with Gasteiger partial charge in [-0.1, -0.05) is 50.2 Å². The quantitative estimate of drug-likeness (QED) is 0.530. The van der Waals surface area contributed by atoms with Gasteiger partial charge in [-0.15, -0.1) is 11.3 Å². The van der Waals surface area contributed by atoms with Crippen molar-refractivity contribution in [1.29, 1.82) is 0 Å². The molecule has 4 heteroatoms. The number of fused-ring (bicyclic) bond motifs is 5. The van der Waals surface area contributed by atoms with Crippen LogP contribution in [0.1, 0.15) is 19.4 Å². The zero-order valence-corrected chi connectivity index (χ0v) is 14.7. The minimum atomic E-state index is -0.305. The summed E-state index contributed by atoms with van der Waals surface area (Å²) in [4.78, 5) is 0. The van der Waals surface area contributed by atoms with Crippen molar-refractivity contribution >= 4 is 50.0 Å². The highest BCUT2D eigenvalue weighted by atomic mass is 32.1. The van der Waals surface area contributed by atoms with Crippen molar-refractivity contribution in [2.45, 2.75) is 20.3 Å². The van der Waals surface area contributed by atoms with E-state index in [1.807, 2.05) is 6.07 Å². The van der Waals surface area contributed by atoms with Crippen LogP contribution in [0.4, 0.5) is 0 Å². The van der Waals surface area contributed by atoms with Crippen LogP contribution in [-0.2, 0) is 6.42 Å². The number of hydrogen-bond acceptors (Lipinski definition) is 3. The van der Waals surface area contributed by atoms with Crippen LogP contribution in [0.25, 0.3) is 30.9 Å². The standard InChI is InChI=1S/C20H19BO2S/c1-12(2)9-13-7-8-14-11-17(23-21-22)20-19(16(14)10-13)15-5-3-4-6-18(15)24-20/h3-8,10-12,21-22H,9H2,1-2H3. The SMILES string of the molecule is CC(C)Cc1ccc2cc(OBO)c3sc4ccccc4c3c2c1. The molecule has 120 valence electrons. The summed E-state index contributed by atoms with van der Waals surface area (Å²) in [7, 11) is -0.305. The summed E-state index contributed by atoms with van der Waals surface area (Å²) in [6.45, 7) is 4.50. The Hall–Kier alpha value is -2.04. The Labute approximate surface area is 146 Å². The molecule has 4 rings (SSSR count). The third-order valence-corrected chi connectivity index (χ3v) is 5.54. The first-order valence-corrected chi connectivity index (χ1v) is 9.09. The molecular formula is C20H19BO2S. The summed E-state index contributed by atoms with van der Waals surface area (Å²) >= 11 is 1.73. The van der Waals surface area contributed by atoms with Crippen molar-refractivity contribution in [3.05, 3.63) is 54.1 Å². The minimum Gasteiger partial charge on any atom is -0.538 e. The van der Waals surface area contributed by atoms with E-state index in [-0.39, 0.29) is 7.69 Å².